The number of pyridine rings is 1. The van der Waals surface area contributed by atoms with Crippen molar-refractivity contribution in [3.8, 4) is 17.0 Å². The van der Waals surface area contributed by atoms with E-state index in [0.29, 0.717) is 19.3 Å². The molecule has 116 valence electrons. The van der Waals surface area contributed by atoms with E-state index in [-0.39, 0.29) is 17.7 Å². The van der Waals surface area contributed by atoms with E-state index in [1.165, 1.54) is 6.20 Å². The van der Waals surface area contributed by atoms with Crippen LogP contribution >= 0.6 is 0 Å². The second-order valence-electron chi connectivity index (χ2n) is 6.02. The summed E-state index contributed by atoms with van der Waals surface area (Å²) in [5.74, 6) is -0.996. The highest BCUT2D eigenvalue weighted by atomic mass is 16.4. The zero-order chi connectivity index (χ0) is 15.9. The fourth-order valence-corrected chi connectivity index (χ4v) is 3.06. The second-order valence-corrected chi connectivity index (χ2v) is 6.02. The van der Waals surface area contributed by atoms with Crippen molar-refractivity contribution in [3.63, 3.8) is 0 Å². The lowest BCUT2D eigenvalue weighted by molar-refractivity contribution is -0.142. The minimum absolute atomic E-state index is 0.101. The second kappa shape index (κ2) is 5.44. The molecule has 1 aliphatic carbocycles. The van der Waals surface area contributed by atoms with Crippen LogP contribution in [0.2, 0.25) is 0 Å². The Morgan fingerprint density at radius 3 is 2.82 bits per heavy atom. The summed E-state index contributed by atoms with van der Waals surface area (Å²) < 4.78 is 1.91. The fraction of sp³-hybridized carbons (Fsp3) is 0.438. The van der Waals surface area contributed by atoms with E-state index >= 15 is 0 Å². The molecule has 22 heavy (non-hydrogen) atoms. The summed E-state index contributed by atoms with van der Waals surface area (Å²) in [6.07, 6.45) is 4.86. The van der Waals surface area contributed by atoms with E-state index in [4.69, 9.17) is 0 Å². The van der Waals surface area contributed by atoms with Crippen LogP contribution in [0.1, 0.15) is 37.6 Å². The number of nitrogens with zero attached hydrogens (tertiary/aromatic N) is 3. The van der Waals surface area contributed by atoms with Gasteiger partial charge in [-0.25, -0.2) is 0 Å². The molecule has 0 bridgehead atoms. The molecule has 0 saturated carbocycles. The normalized spacial score (nSPS) is 17.5. The first-order chi connectivity index (χ1) is 10.5. The van der Waals surface area contributed by atoms with Crippen LogP contribution in [-0.4, -0.2) is 30.9 Å². The van der Waals surface area contributed by atoms with Gasteiger partial charge in [-0.3, -0.25) is 14.5 Å². The topological polar surface area (TPSA) is 88.2 Å². The summed E-state index contributed by atoms with van der Waals surface area (Å²) in [5.41, 5.74) is 3.64. The lowest BCUT2D eigenvalue weighted by atomic mass is 9.86. The maximum absolute atomic E-state index is 11.3. The SMILES string of the molecule is CC(C)n1nc(-c2cncc(O)c2)c2c1CC(C(=O)O)CC2. The van der Waals surface area contributed by atoms with E-state index in [2.05, 4.69) is 10.1 Å². The predicted molar refractivity (Wildman–Crippen MR) is 80.7 cm³/mol. The molecule has 3 rings (SSSR count). The molecular weight excluding hydrogens is 282 g/mol. The molecule has 1 unspecified atom stereocenters. The van der Waals surface area contributed by atoms with Crippen molar-refractivity contribution < 1.29 is 15.0 Å². The molecule has 2 heterocycles. The molecule has 1 atom stereocenters. The quantitative estimate of drug-likeness (QED) is 0.909. The van der Waals surface area contributed by atoms with Gasteiger partial charge < -0.3 is 10.2 Å². The van der Waals surface area contributed by atoms with Crippen LogP contribution in [0, 0.1) is 5.92 Å². The van der Waals surface area contributed by atoms with Crippen molar-refractivity contribution in [2.75, 3.05) is 0 Å². The number of fused-ring (bicyclic) bond motifs is 1. The Balaban J connectivity index is 2.11. The van der Waals surface area contributed by atoms with E-state index in [9.17, 15) is 15.0 Å². The number of hydrogen-bond acceptors (Lipinski definition) is 4. The average Bonchev–Trinajstić information content (AvgIpc) is 2.86. The van der Waals surface area contributed by atoms with Crippen molar-refractivity contribution in [3.05, 3.63) is 29.7 Å². The lowest BCUT2D eigenvalue weighted by Gasteiger charge is -2.21. The number of carboxylic acids is 1. The molecule has 2 N–H and O–H groups in total. The third-order valence-electron chi connectivity index (χ3n) is 4.14. The van der Waals surface area contributed by atoms with Gasteiger partial charge in [0.05, 0.1) is 17.8 Å². The minimum Gasteiger partial charge on any atom is -0.506 e. The molecule has 6 nitrogen and oxygen atoms in total. The predicted octanol–water partition coefficient (Wildman–Crippen LogP) is 2.42. The van der Waals surface area contributed by atoms with E-state index in [1.807, 2.05) is 18.5 Å². The zero-order valence-corrected chi connectivity index (χ0v) is 12.7. The molecule has 2 aromatic rings. The van der Waals surface area contributed by atoms with Gasteiger partial charge in [0.2, 0.25) is 0 Å². The Morgan fingerprint density at radius 2 is 2.18 bits per heavy atom. The molecule has 0 aliphatic heterocycles. The molecule has 6 heteroatoms. The van der Waals surface area contributed by atoms with Gasteiger partial charge in [-0.2, -0.15) is 5.10 Å². The maximum Gasteiger partial charge on any atom is 0.306 e. The van der Waals surface area contributed by atoms with Crippen molar-refractivity contribution >= 4 is 5.97 Å². The summed E-state index contributed by atoms with van der Waals surface area (Å²) in [5, 5.41) is 23.6. The Kier molecular flexibility index (Phi) is 3.60. The van der Waals surface area contributed by atoms with Crippen molar-refractivity contribution in [1.29, 1.82) is 0 Å². The molecule has 0 saturated heterocycles. The smallest absolute Gasteiger partial charge is 0.306 e. The summed E-state index contributed by atoms with van der Waals surface area (Å²) in [7, 11) is 0. The first-order valence-electron chi connectivity index (χ1n) is 7.44. The van der Waals surface area contributed by atoms with Crippen LogP contribution in [0.15, 0.2) is 18.5 Å². The van der Waals surface area contributed by atoms with Gasteiger partial charge in [-0.15, -0.1) is 0 Å². The number of aromatic nitrogens is 3. The Labute approximate surface area is 128 Å². The number of aliphatic carboxylic acids is 1. The third-order valence-corrected chi connectivity index (χ3v) is 4.14. The standard InChI is InChI=1S/C16H19N3O3/c1-9(2)19-14-6-10(16(21)22)3-4-13(14)15(18-19)11-5-12(20)8-17-7-11/h5,7-10,20H,3-4,6H2,1-2H3,(H,21,22). The van der Waals surface area contributed by atoms with Gasteiger partial charge in [-0.1, -0.05) is 0 Å². The molecule has 0 aromatic carbocycles. The summed E-state index contributed by atoms with van der Waals surface area (Å²) in [6, 6.07) is 1.80. The largest absolute Gasteiger partial charge is 0.506 e. The van der Waals surface area contributed by atoms with Gasteiger partial charge in [0.1, 0.15) is 5.75 Å². The van der Waals surface area contributed by atoms with Crippen molar-refractivity contribution in [1.82, 2.24) is 14.8 Å². The van der Waals surface area contributed by atoms with Crippen LogP contribution in [0.4, 0.5) is 0 Å². The Morgan fingerprint density at radius 1 is 1.41 bits per heavy atom. The number of rotatable bonds is 3. The summed E-state index contributed by atoms with van der Waals surface area (Å²) in [6.45, 7) is 4.06. The lowest BCUT2D eigenvalue weighted by Crippen LogP contribution is -2.24. The van der Waals surface area contributed by atoms with Crippen molar-refractivity contribution in [2.24, 2.45) is 5.92 Å². The first-order valence-corrected chi connectivity index (χ1v) is 7.44. The van der Waals surface area contributed by atoms with Gasteiger partial charge in [-0.05, 0) is 32.8 Å². The van der Waals surface area contributed by atoms with Gasteiger partial charge in [0.25, 0.3) is 0 Å². The molecule has 1 aliphatic rings. The molecule has 0 spiro atoms. The molecule has 2 aromatic heterocycles. The Hall–Kier alpha value is -2.37. The van der Waals surface area contributed by atoms with E-state index in [0.717, 1.165) is 22.5 Å². The van der Waals surface area contributed by atoms with E-state index < -0.39 is 5.97 Å². The highest BCUT2D eigenvalue weighted by Crippen LogP contribution is 2.35. The van der Waals surface area contributed by atoms with Crippen LogP contribution in [0.5, 0.6) is 5.75 Å². The fourth-order valence-electron chi connectivity index (χ4n) is 3.06. The van der Waals surface area contributed by atoms with Crippen LogP contribution in [0.3, 0.4) is 0 Å². The number of hydrogen-bond donors (Lipinski definition) is 2. The number of carbonyl (C=O) groups is 1. The number of aromatic hydroxyl groups is 1. The van der Waals surface area contributed by atoms with Crippen LogP contribution in [-0.2, 0) is 17.6 Å². The van der Waals surface area contributed by atoms with E-state index in [1.54, 1.807) is 12.3 Å². The highest BCUT2D eigenvalue weighted by molar-refractivity contribution is 5.72. The molecule has 0 amide bonds. The van der Waals surface area contributed by atoms with Crippen molar-refractivity contribution in [2.45, 2.75) is 39.2 Å². The summed E-state index contributed by atoms with van der Waals surface area (Å²) >= 11 is 0. The maximum atomic E-state index is 11.3. The summed E-state index contributed by atoms with van der Waals surface area (Å²) in [4.78, 5) is 15.3. The van der Waals surface area contributed by atoms with Crippen LogP contribution < -0.4 is 0 Å². The monoisotopic (exact) mass is 301 g/mol. The molecule has 0 radical (unpaired) electrons. The first kappa shape index (κ1) is 14.6. The van der Waals surface area contributed by atoms with Crippen LogP contribution in [0.25, 0.3) is 11.3 Å². The minimum atomic E-state index is -0.747. The third kappa shape index (κ3) is 2.45. The van der Waals surface area contributed by atoms with Gasteiger partial charge in [0.15, 0.2) is 0 Å². The average molecular weight is 301 g/mol. The highest BCUT2D eigenvalue weighted by Gasteiger charge is 2.31. The van der Waals surface area contributed by atoms with Gasteiger partial charge in [0, 0.05) is 35.5 Å². The molecular formula is C16H19N3O3. The molecule has 0 fully saturated rings. The van der Waals surface area contributed by atoms with Gasteiger partial charge >= 0.3 is 5.97 Å². The number of carboxylic acid groups (broad SMARTS) is 1. The Bertz CT molecular complexity index is 721. The zero-order valence-electron chi connectivity index (χ0n) is 12.7.